The zero-order valence-electron chi connectivity index (χ0n) is 11.2. The maximum absolute atomic E-state index is 12.2. The van der Waals surface area contributed by atoms with Crippen LogP contribution in [0.25, 0.3) is 0 Å². The quantitative estimate of drug-likeness (QED) is 0.773. The van der Waals surface area contributed by atoms with Crippen molar-refractivity contribution < 1.29 is 13.2 Å². The number of hydrogen-bond donors (Lipinski definition) is 0. The fourth-order valence-corrected chi connectivity index (χ4v) is 3.15. The van der Waals surface area contributed by atoms with Gasteiger partial charge in [0, 0.05) is 0 Å². The van der Waals surface area contributed by atoms with E-state index in [1.807, 2.05) is 6.92 Å². The monoisotopic (exact) mass is 343 g/mol. The van der Waals surface area contributed by atoms with Crippen LogP contribution in [0.4, 0.5) is 0 Å². The van der Waals surface area contributed by atoms with Crippen molar-refractivity contribution in [2.45, 2.75) is 18.7 Å². The Morgan fingerprint density at radius 2 is 1.62 bits per heavy atom. The van der Waals surface area contributed by atoms with Gasteiger partial charge in [0.05, 0.1) is 20.7 Å². The van der Waals surface area contributed by atoms with Gasteiger partial charge in [-0.15, -0.1) is 0 Å². The second-order valence-electron chi connectivity index (χ2n) is 4.53. The van der Waals surface area contributed by atoms with E-state index in [1.54, 1.807) is 12.1 Å². The van der Waals surface area contributed by atoms with Crippen molar-refractivity contribution in [2.24, 2.45) is 4.40 Å². The van der Waals surface area contributed by atoms with Crippen LogP contribution < -0.4 is 0 Å². The van der Waals surface area contributed by atoms with E-state index in [9.17, 15) is 13.2 Å². The molecule has 0 aliphatic heterocycles. The fourth-order valence-electron chi connectivity index (χ4n) is 1.67. The summed E-state index contributed by atoms with van der Waals surface area (Å²) in [6.07, 6.45) is 1.21. The molecule has 0 saturated carbocycles. The van der Waals surface area contributed by atoms with Crippen LogP contribution in [0.5, 0.6) is 0 Å². The van der Waals surface area contributed by atoms with Gasteiger partial charge >= 0.3 is 0 Å². The van der Waals surface area contributed by atoms with E-state index in [4.69, 9.17) is 23.2 Å². The number of halogens is 2. The van der Waals surface area contributed by atoms with Gasteiger partial charge in [-0.2, -0.15) is 12.8 Å². The van der Waals surface area contributed by atoms with Crippen molar-refractivity contribution in [1.29, 1.82) is 0 Å². The molecular weight excluding hydrogens is 333 g/mol. The molecule has 0 atom stereocenters. The van der Waals surface area contributed by atoms with E-state index in [1.165, 1.54) is 25.1 Å². The maximum Gasteiger partial charge on any atom is 0.282 e. The highest BCUT2D eigenvalue weighted by atomic mass is 35.5. The third-order valence-electron chi connectivity index (χ3n) is 2.93. The maximum atomic E-state index is 12.2. The third-order valence-corrected chi connectivity index (χ3v) is 4.97. The minimum atomic E-state index is -3.89. The largest absolute Gasteiger partial charge is 0.287 e. The summed E-state index contributed by atoms with van der Waals surface area (Å²) in [6, 6.07) is 6.29. The van der Waals surface area contributed by atoms with Crippen LogP contribution in [0, 0.1) is 6.92 Å². The molecule has 0 N–H and O–H groups in total. The first-order valence-corrected chi connectivity index (χ1v) is 8.12. The molecule has 7 heteroatoms. The molecule has 0 spiro atoms. The van der Waals surface area contributed by atoms with Crippen LogP contribution in [0.15, 0.2) is 55.3 Å². The van der Waals surface area contributed by atoms with E-state index < -0.39 is 15.8 Å². The molecule has 0 bridgehead atoms. The van der Waals surface area contributed by atoms with Gasteiger partial charge in [0.15, 0.2) is 0 Å². The Morgan fingerprint density at radius 3 is 2.19 bits per heavy atom. The number of allylic oxidation sites excluding steroid dienone is 4. The van der Waals surface area contributed by atoms with Crippen molar-refractivity contribution in [3.05, 3.63) is 51.5 Å². The number of carbonyl (C=O) groups excluding carboxylic acids is 1. The number of Topliss-reactive ketones (excluding diaryl/α,β-unsaturated/α-hetero) is 1. The lowest BCUT2D eigenvalue weighted by Gasteiger charge is -2.11. The molecule has 0 amide bonds. The van der Waals surface area contributed by atoms with Crippen LogP contribution >= 0.6 is 23.2 Å². The van der Waals surface area contributed by atoms with E-state index in [2.05, 4.69) is 4.40 Å². The number of benzene rings is 1. The molecule has 1 aliphatic carbocycles. The topological polar surface area (TPSA) is 63.6 Å². The number of nitrogens with zero attached hydrogens (tertiary/aromatic N) is 1. The molecule has 1 aromatic carbocycles. The lowest BCUT2D eigenvalue weighted by Crippen LogP contribution is -2.14. The van der Waals surface area contributed by atoms with Crippen molar-refractivity contribution in [1.82, 2.24) is 0 Å². The summed E-state index contributed by atoms with van der Waals surface area (Å²) < 4.78 is 28.2. The van der Waals surface area contributed by atoms with E-state index >= 15 is 0 Å². The first-order chi connectivity index (χ1) is 9.72. The van der Waals surface area contributed by atoms with Gasteiger partial charge in [-0.25, -0.2) is 0 Å². The van der Waals surface area contributed by atoms with Gasteiger partial charge in [-0.1, -0.05) is 40.9 Å². The molecular formula is C14H11Cl2NO3S. The van der Waals surface area contributed by atoms with Crippen LogP contribution in [0.1, 0.15) is 12.5 Å². The first-order valence-electron chi connectivity index (χ1n) is 5.92. The van der Waals surface area contributed by atoms with Crippen molar-refractivity contribution in [2.75, 3.05) is 0 Å². The molecule has 0 saturated heterocycles. The number of ketones is 1. The summed E-state index contributed by atoms with van der Waals surface area (Å²) in [5.74, 6) is -0.539. The van der Waals surface area contributed by atoms with Crippen LogP contribution in [0.2, 0.25) is 0 Å². The van der Waals surface area contributed by atoms with Gasteiger partial charge < -0.3 is 0 Å². The summed E-state index contributed by atoms with van der Waals surface area (Å²) in [4.78, 5) is 11.6. The van der Waals surface area contributed by atoms with Gasteiger partial charge in [-0.3, -0.25) is 4.79 Å². The number of aryl methyl sites for hydroxylation is 1. The van der Waals surface area contributed by atoms with Crippen LogP contribution in [-0.4, -0.2) is 19.9 Å². The molecule has 4 nitrogen and oxygen atoms in total. The summed E-state index contributed by atoms with van der Waals surface area (Å²) in [6.45, 7) is 3.37. The van der Waals surface area contributed by atoms with E-state index in [0.717, 1.165) is 5.56 Å². The fraction of sp³-hybridized carbons (Fsp3) is 0.143. The second kappa shape index (κ2) is 5.75. The third kappa shape index (κ3) is 3.26. The summed E-state index contributed by atoms with van der Waals surface area (Å²) in [5.41, 5.74) is 1.28. The Balaban J connectivity index is 2.52. The van der Waals surface area contributed by atoms with Crippen molar-refractivity contribution >= 4 is 44.7 Å². The first kappa shape index (κ1) is 15.9. The predicted octanol–water partition coefficient (Wildman–Crippen LogP) is 3.34. The number of sulfonamides is 1. The number of carbonyl (C=O) groups is 1. The minimum absolute atomic E-state index is 0.0603. The Bertz CT molecular complexity index is 803. The molecule has 0 unspecified atom stereocenters. The highest BCUT2D eigenvalue weighted by Gasteiger charge is 2.24. The highest BCUT2D eigenvalue weighted by molar-refractivity contribution is 7.90. The minimum Gasteiger partial charge on any atom is -0.287 e. The van der Waals surface area contributed by atoms with E-state index in [0.29, 0.717) is 0 Å². The highest BCUT2D eigenvalue weighted by Crippen LogP contribution is 2.26. The molecule has 0 radical (unpaired) electrons. The van der Waals surface area contributed by atoms with Crippen LogP contribution in [-0.2, 0) is 14.8 Å². The average molecular weight is 344 g/mol. The van der Waals surface area contributed by atoms with Gasteiger partial charge in [0.1, 0.15) is 0 Å². The second-order valence-corrected chi connectivity index (χ2v) is 6.91. The lowest BCUT2D eigenvalue weighted by molar-refractivity contribution is -0.111. The number of hydrogen-bond acceptors (Lipinski definition) is 3. The van der Waals surface area contributed by atoms with Crippen LogP contribution in [0.3, 0.4) is 0 Å². The zero-order valence-corrected chi connectivity index (χ0v) is 13.6. The Labute approximate surface area is 132 Å². The molecule has 0 fully saturated rings. The SMILES string of the molecule is CC1=C(Cl)C(=O)C(Cl)=C/C1=N/S(=O)(=O)c1ccc(C)cc1. The zero-order chi connectivity index (χ0) is 15.8. The molecule has 0 aromatic heterocycles. The summed E-state index contributed by atoms with van der Waals surface area (Å²) in [5, 5.41) is -0.288. The van der Waals surface area contributed by atoms with E-state index in [-0.39, 0.29) is 26.2 Å². The summed E-state index contributed by atoms with van der Waals surface area (Å²) in [7, 11) is -3.89. The average Bonchev–Trinajstić information content (AvgIpc) is 2.42. The van der Waals surface area contributed by atoms with Crippen molar-refractivity contribution in [3.8, 4) is 0 Å². The molecule has 110 valence electrons. The van der Waals surface area contributed by atoms with Crippen molar-refractivity contribution in [3.63, 3.8) is 0 Å². The summed E-state index contributed by atoms with van der Waals surface area (Å²) >= 11 is 11.6. The Hall–Kier alpha value is -1.43. The lowest BCUT2D eigenvalue weighted by atomic mass is 10.0. The van der Waals surface area contributed by atoms with Gasteiger partial charge in [0.2, 0.25) is 5.78 Å². The molecule has 0 heterocycles. The Kier molecular flexibility index (Phi) is 4.37. The smallest absolute Gasteiger partial charge is 0.282 e. The molecule has 21 heavy (non-hydrogen) atoms. The Morgan fingerprint density at radius 1 is 1.05 bits per heavy atom. The predicted molar refractivity (Wildman–Crippen MR) is 83.3 cm³/mol. The van der Waals surface area contributed by atoms with Gasteiger partial charge in [-0.05, 0) is 37.6 Å². The standard InChI is InChI=1S/C14H11Cl2NO3S/c1-8-3-5-10(6-4-8)21(19,20)17-12-7-11(15)14(18)13(16)9(12)2/h3-7H,1-2H3/b17-12-. The molecule has 1 aromatic rings. The molecule has 1 aliphatic rings. The number of rotatable bonds is 2. The normalized spacial score (nSPS) is 18.2. The molecule has 2 rings (SSSR count). The van der Waals surface area contributed by atoms with Gasteiger partial charge in [0.25, 0.3) is 10.0 Å².